The molecule has 1 aromatic carbocycles. The number of carbonyl (C=O) groups is 1. The maximum atomic E-state index is 11.8. The Morgan fingerprint density at radius 3 is 2.71 bits per heavy atom. The highest BCUT2D eigenvalue weighted by Crippen LogP contribution is 2.24. The molecule has 0 saturated carbocycles. The van der Waals surface area contributed by atoms with Gasteiger partial charge >= 0.3 is 0 Å². The fourth-order valence-corrected chi connectivity index (χ4v) is 1.41. The van der Waals surface area contributed by atoms with Gasteiger partial charge in [0.1, 0.15) is 11.5 Å². The van der Waals surface area contributed by atoms with Gasteiger partial charge in [0.25, 0.3) is 0 Å². The molecule has 0 aliphatic carbocycles. The van der Waals surface area contributed by atoms with Crippen LogP contribution in [-0.4, -0.2) is 44.8 Å². The molecule has 0 radical (unpaired) electrons. The topological polar surface area (TPSA) is 67.8 Å². The number of aliphatic hydroxyl groups is 1. The molecule has 0 fully saturated rings. The number of hydrogen-bond acceptors (Lipinski definition) is 5. The fraction of sp³-hybridized carbons (Fsp3) is 0.417. The Kier molecular flexibility index (Phi) is 5.45. The second-order valence-electron chi connectivity index (χ2n) is 3.39. The van der Waals surface area contributed by atoms with Gasteiger partial charge in [-0.05, 0) is 12.1 Å². The van der Waals surface area contributed by atoms with Crippen LogP contribution in [0.1, 0.15) is 10.4 Å². The molecular formula is C12H17NO4. The van der Waals surface area contributed by atoms with Crippen molar-refractivity contribution in [2.45, 2.75) is 0 Å². The molecule has 1 rings (SSSR count). The van der Waals surface area contributed by atoms with E-state index in [1.807, 2.05) is 0 Å². The number of hydrogen-bond donors (Lipinski definition) is 2. The predicted octanol–water partition coefficient (Wildman–Crippen LogP) is 0.468. The van der Waals surface area contributed by atoms with Crippen LogP contribution in [0.5, 0.6) is 11.5 Å². The lowest BCUT2D eigenvalue weighted by atomic mass is 10.1. The third-order valence-electron chi connectivity index (χ3n) is 2.28. The summed E-state index contributed by atoms with van der Waals surface area (Å²) in [4.78, 5) is 11.8. The fourth-order valence-electron chi connectivity index (χ4n) is 1.41. The lowest BCUT2D eigenvalue weighted by molar-refractivity contribution is 0.0986. The Hall–Kier alpha value is -1.59. The number of nitrogens with one attached hydrogen (secondary N) is 1. The number of methoxy groups -OCH3 is 2. The first-order chi connectivity index (χ1) is 8.22. The van der Waals surface area contributed by atoms with Crippen molar-refractivity contribution >= 4 is 5.78 Å². The quantitative estimate of drug-likeness (QED) is 0.534. The molecule has 94 valence electrons. The summed E-state index contributed by atoms with van der Waals surface area (Å²) >= 11 is 0. The lowest BCUT2D eigenvalue weighted by Gasteiger charge is -2.09. The third-order valence-corrected chi connectivity index (χ3v) is 2.28. The summed E-state index contributed by atoms with van der Waals surface area (Å²) in [6.45, 7) is 0.570. The van der Waals surface area contributed by atoms with Crippen molar-refractivity contribution in [3.8, 4) is 11.5 Å². The molecule has 0 aromatic heterocycles. The van der Waals surface area contributed by atoms with E-state index in [1.54, 1.807) is 25.3 Å². The van der Waals surface area contributed by atoms with Crippen LogP contribution in [0, 0.1) is 0 Å². The van der Waals surface area contributed by atoms with Crippen LogP contribution in [0.4, 0.5) is 0 Å². The summed E-state index contributed by atoms with van der Waals surface area (Å²) in [7, 11) is 3.06. The molecule has 0 saturated heterocycles. The number of aliphatic hydroxyl groups excluding tert-OH is 1. The van der Waals surface area contributed by atoms with Crippen molar-refractivity contribution in [2.24, 2.45) is 0 Å². The maximum Gasteiger partial charge on any atom is 0.180 e. The molecule has 17 heavy (non-hydrogen) atoms. The smallest absolute Gasteiger partial charge is 0.180 e. The third kappa shape index (κ3) is 3.72. The number of Topliss-reactive ketones (excluding diaryl/α,β-unsaturated/α-hetero) is 1. The Bertz CT molecular complexity index is 379. The molecule has 5 heteroatoms. The molecular weight excluding hydrogens is 222 g/mol. The summed E-state index contributed by atoms with van der Waals surface area (Å²) in [6, 6.07) is 5.04. The summed E-state index contributed by atoms with van der Waals surface area (Å²) in [5.41, 5.74) is 0.499. The second-order valence-corrected chi connectivity index (χ2v) is 3.39. The molecule has 0 amide bonds. The normalized spacial score (nSPS) is 10.1. The van der Waals surface area contributed by atoms with Crippen molar-refractivity contribution in [3.05, 3.63) is 23.8 Å². The zero-order valence-electron chi connectivity index (χ0n) is 10.0. The van der Waals surface area contributed by atoms with E-state index in [0.29, 0.717) is 23.6 Å². The highest BCUT2D eigenvalue weighted by atomic mass is 16.5. The largest absolute Gasteiger partial charge is 0.497 e. The number of rotatable bonds is 7. The molecule has 0 spiro atoms. The minimum atomic E-state index is -0.0852. The SMILES string of the molecule is COc1ccc(C(=O)CNCCO)c(OC)c1. The van der Waals surface area contributed by atoms with Gasteiger partial charge in [0.15, 0.2) is 5.78 Å². The first kappa shape index (κ1) is 13.5. The summed E-state index contributed by atoms with van der Waals surface area (Å²) in [6.07, 6.45) is 0. The van der Waals surface area contributed by atoms with Crippen molar-refractivity contribution in [2.75, 3.05) is 33.9 Å². The minimum Gasteiger partial charge on any atom is -0.497 e. The van der Waals surface area contributed by atoms with Crippen LogP contribution in [0.25, 0.3) is 0 Å². The zero-order chi connectivity index (χ0) is 12.7. The molecule has 1 aromatic rings. The second kappa shape index (κ2) is 6.88. The van der Waals surface area contributed by atoms with Crippen LogP contribution in [0.15, 0.2) is 18.2 Å². The molecule has 2 N–H and O–H groups in total. The van der Waals surface area contributed by atoms with Gasteiger partial charge in [-0.2, -0.15) is 0 Å². The number of ether oxygens (including phenoxy) is 2. The van der Waals surface area contributed by atoms with Crippen LogP contribution in [0.2, 0.25) is 0 Å². The Morgan fingerprint density at radius 2 is 2.12 bits per heavy atom. The predicted molar refractivity (Wildman–Crippen MR) is 63.8 cm³/mol. The van der Waals surface area contributed by atoms with Crippen molar-refractivity contribution in [1.29, 1.82) is 0 Å². The van der Waals surface area contributed by atoms with Gasteiger partial charge < -0.3 is 19.9 Å². The Labute approximate surface area is 100 Å². The van der Waals surface area contributed by atoms with E-state index in [1.165, 1.54) is 7.11 Å². The number of carbonyl (C=O) groups excluding carboxylic acids is 1. The molecule has 0 atom stereocenters. The average Bonchev–Trinajstić information content (AvgIpc) is 2.38. The van der Waals surface area contributed by atoms with E-state index < -0.39 is 0 Å². The Morgan fingerprint density at radius 1 is 1.35 bits per heavy atom. The van der Waals surface area contributed by atoms with Crippen LogP contribution in [-0.2, 0) is 0 Å². The van der Waals surface area contributed by atoms with Crippen LogP contribution < -0.4 is 14.8 Å². The molecule has 0 unspecified atom stereocenters. The summed E-state index contributed by atoms with van der Waals surface area (Å²) < 4.78 is 10.2. The molecule has 5 nitrogen and oxygen atoms in total. The van der Waals surface area contributed by atoms with Crippen LogP contribution in [0.3, 0.4) is 0 Å². The van der Waals surface area contributed by atoms with Gasteiger partial charge in [-0.1, -0.05) is 0 Å². The summed E-state index contributed by atoms with van der Waals surface area (Å²) in [5, 5.41) is 11.4. The zero-order valence-corrected chi connectivity index (χ0v) is 10.0. The van der Waals surface area contributed by atoms with Gasteiger partial charge in [0.2, 0.25) is 0 Å². The van der Waals surface area contributed by atoms with E-state index >= 15 is 0 Å². The first-order valence-corrected chi connectivity index (χ1v) is 5.29. The first-order valence-electron chi connectivity index (χ1n) is 5.29. The molecule has 0 heterocycles. The molecule has 0 aliphatic rings. The van der Waals surface area contributed by atoms with E-state index in [4.69, 9.17) is 14.6 Å². The van der Waals surface area contributed by atoms with Gasteiger partial charge in [0, 0.05) is 12.6 Å². The van der Waals surface area contributed by atoms with Gasteiger partial charge in [-0.15, -0.1) is 0 Å². The van der Waals surface area contributed by atoms with Crippen LogP contribution >= 0.6 is 0 Å². The lowest BCUT2D eigenvalue weighted by Crippen LogP contribution is -2.26. The van der Waals surface area contributed by atoms with Gasteiger partial charge in [-0.25, -0.2) is 0 Å². The van der Waals surface area contributed by atoms with E-state index in [0.717, 1.165) is 0 Å². The Balaban J connectivity index is 2.78. The van der Waals surface area contributed by atoms with Gasteiger partial charge in [-0.3, -0.25) is 4.79 Å². The standard InChI is InChI=1S/C12H17NO4/c1-16-9-3-4-10(12(7-9)17-2)11(15)8-13-5-6-14/h3-4,7,13-14H,5-6,8H2,1-2H3. The summed E-state index contributed by atoms with van der Waals surface area (Å²) in [5.74, 6) is 1.04. The number of ketones is 1. The van der Waals surface area contributed by atoms with Crippen molar-refractivity contribution in [3.63, 3.8) is 0 Å². The highest BCUT2D eigenvalue weighted by molar-refractivity contribution is 6.00. The molecule has 0 bridgehead atoms. The van der Waals surface area contributed by atoms with E-state index in [9.17, 15) is 4.79 Å². The monoisotopic (exact) mass is 239 g/mol. The van der Waals surface area contributed by atoms with Gasteiger partial charge in [0.05, 0.1) is 32.9 Å². The van der Waals surface area contributed by atoms with E-state index in [-0.39, 0.29) is 18.9 Å². The molecule has 0 aliphatic heterocycles. The minimum absolute atomic E-state index is 0.00697. The maximum absolute atomic E-state index is 11.8. The average molecular weight is 239 g/mol. The van der Waals surface area contributed by atoms with Crippen molar-refractivity contribution < 1.29 is 19.4 Å². The highest BCUT2D eigenvalue weighted by Gasteiger charge is 2.12. The van der Waals surface area contributed by atoms with E-state index in [2.05, 4.69) is 5.32 Å². The number of benzene rings is 1. The van der Waals surface area contributed by atoms with Crippen molar-refractivity contribution in [1.82, 2.24) is 5.32 Å².